The van der Waals surface area contributed by atoms with Crippen LogP contribution in [0.25, 0.3) is 0 Å². The van der Waals surface area contributed by atoms with Crippen molar-refractivity contribution in [1.29, 1.82) is 0 Å². The highest BCUT2D eigenvalue weighted by Gasteiger charge is 2.33. The third-order valence-electron chi connectivity index (χ3n) is 5.39. The van der Waals surface area contributed by atoms with E-state index in [4.69, 9.17) is 4.74 Å². The summed E-state index contributed by atoms with van der Waals surface area (Å²) in [6.45, 7) is 5.60. The van der Waals surface area contributed by atoms with Gasteiger partial charge in [-0.25, -0.2) is 0 Å². The average molecular weight is 367 g/mol. The predicted octanol–water partition coefficient (Wildman–Crippen LogP) is 4.19. The maximum absolute atomic E-state index is 13.0. The molecule has 4 heteroatoms. The fourth-order valence-electron chi connectivity index (χ4n) is 3.82. The second-order valence-corrected chi connectivity index (χ2v) is 7.34. The standard InChI is InChI=1S/C23H30N2O2/c1-18-10-9-15-22(23(26)24-19(2)20-11-5-3-6-12-20)25(18)16-17-27-21-13-7-4-8-14-21/h3-8,11-14,18-19,22H,9-10,15-17H2,1-2H3,(H,24,26)/t18-,19-,22-/m0/s1. The van der Waals surface area contributed by atoms with E-state index in [0.717, 1.165) is 37.1 Å². The number of likely N-dealkylation sites (tertiary alicyclic amines) is 1. The van der Waals surface area contributed by atoms with Crippen molar-refractivity contribution in [1.82, 2.24) is 10.2 Å². The molecule has 2 aromatic carbocycles. The van der Waals surface area contributed by atoms with Gasteiger partial charge in [0.1, 0.15) is 12.4 Å². The van der Waals surface area contributed by atoms with E-state index >= 15 is 0 Å². The van der Waals surface area contributed by atoms with Crippen molar-refractivity contribution in [3.8, 4) is 5.75 Å². The Morgan fingerprint density at radius 2 is 1.78 bits per heavy atom. The smallest absolute Gasteiger partial charge is 0.237 e. The Bertz CT molecular complexity index is 705. The van der Waals surface area contributed by atoms with Crippen molar-refractivity contribution >= 4 is 5.91 Å². The van der Waals surface area contributed by atoms with Gasteiger partial charge in [0.05, 0.1) is 12.1 Å². The highest BCUT2D eigenvalue weighted by Crippen LogP contribution is 2.24. The van der Waals surface area contributed by atoms with E-state index in [1.165, 1.54) is 0 Å². The van der Waals surface area contributed by atoms with E-state index in [2.05, 4.69) is 29.3 Å². The van der Waals surface area contributed by atoms with Gasteiger partial charge in [-0.05, 0) is 50.8 Å². The van der Waals surface area contributed by atoms with Crippen molar-refractivity contribution in [2.75, 3.05) is 13.2 Å². The quantitative estimate of drug-likeness (QED) is 0.799. The number of carbonyl (C=O) groups excluding carboxylic acids is 1. The lowest BCUT2D eigenvalue weighted by atomic mass is 9.95. The van der Waals surface area contributed by atoms with Gasteiger partial charge >= 0.3 is 0 Å². The Balaban J connectivity index is 1.58. The van der Waals surface area contributed by atoms with Gasteiger partial charge in [0.15, 0.2) is 0 Å². The van der Waals surface area contributed by atoms with Gasteiger partial charge in [-0.1, -0.05) is 48.5 Å². The predicted molar refractivity (Wildman–Crippen MR) is 109 cm³/mol. The molecule has 4 nitrogen and oxygen atoms in total. The summed E-state index contributed by atoms with van der Waals surface area (Å²) in [6, 6.07) is 20.3. The molecular formula is C23H30N2O2. The normalized spacial score (nSPS) is 21.4. The van der Waals surface area contributed by atoms with E-state index in [1.807, 2.05) is 55.5 Å². The molecule has 144 valence electrons. The van der Waals surface area contributed by atoms with Crippen LogP contribution < -0.4 is 10.1 Å². The Labute approximate surface area is 162 Å². The Morgan fingerprint density at radius 1 is 1.11 bits per heavy atom. The first-order chi connectivity index (χ1) is 13.1. The lowest BCUT2D eigenvalue weighted by Gasteiger charge is -2.40. The molecule has 3 atom stereocenters. The largest absolute Gasteiger partial charge is 0.492 e. The number of ether oxygens (including phenoxy) is 1. The Kier molecular flexibility index (Phi) is 6.88. The highest BCUT2D eigenvalue weighted by atomic mass is 16.5. The number of carbonyl (C=O) groups is 1. The third kappa shape index (κ3) is 5.33. The highest BCUT2D eigenvalue weighted by molar-refractivity contribution is 5.82. The summed E-state index contributed by atoms with van der Waals surface area (Å²) < 4.78 is 5.86. The summed E-state index contributed by atoms with van der Waals surface area (Å²) in [5, 5.41) is 3.20. The molecule has 3 rings (SSSR count). The van der Waals surface area contributed by atoms with E-state index in [1.54, 1.807) is 0 Å². The molecule has 0 saturated carbocycles. The molecule has 1 N–H and O–H groups in total. The van der Waals surface area contributed by atoms with Crippen LogP contribution in [-0.4, -0.2) is 36.0 Å². The Hall–Kier alpha value is -2.33. The number of nitrogens with one attached hydrogen (secondary N) is 1. The summed E-state index contributed by atoms with van der Waals surface area (Å²) in [5.41, 5.74) is 1.13. The minimum absolute atomic E-state index is 0.0124. The molecule has 0 radical (unpaired) electrons. The SMILES string of the molecule is C[C@H](NC(=O)[C@@H]1CCC[C@H](C)N1CCOc1ccccc1)c1ccccc1. The van der Waals surface area contributed by atoms with Gasteiger partial charge in [-0.15, -0.1) is 0 Å². The van der Waals surface area contributed by atoms with Crippen LogP contribution in [0, 0.1) is 0 Å². The lowest BCUT2D eigenvalue weighted by molar-refractivity contribution is -0.129. The van der Waals surface area contributed by atoms with E-state index in [9.17, 15) is 4.79 Å². The van der Waals surface area contributed by atoms with Crippen LogP contribution in [-0.2, 0) is 4.79 Å². The van der Waals surface area contributed by atoms with Crippen LogP contribution in [0.2, 0.25) is 0 Å². The number of amides is 1. The van der Waals surface area contributed by atoms with Gasteiger partial charge in [0, 0.05) is 12.6 Å². The van der Waals surface area contributed by atoms with E-state index in [-0.39, 0.29) is 18.0 Å². The number of para-hydroxylation sites is 1. The van der Waals surface area contributed by atoms with Crippen molar-refractivity contribution in [3.05, 3.63) is 66.2 Å². The van der Waals surface area contributed by atoms with E-state index in [0.29, 0.717) is 12.6 Å². The minimum atomic E-state index is -0.0840. The molecule has 1 aliphatic rings. The molecule has 0 aliphatic carbocycles. The minimum Gasteiger partial charge on any atom is -0.492 e. The topological polar surface area (TPSA) is 41.6 Å². The second kappa shape index (κ2) is 9.56. The number of benzene rings is 2. The molecule has 2 aromatic rings. The molecule has 0 bridgehead atoms. The first-order valence-corrected chi connectivity index (χ1v) is 9.94. The van der Waals surface area contributed by atoms with Crippen molar-refractivity contribution < 1.29 is 9.53 Å². The second-order valence-electron chi connectivity index (χ2n) is 7.34. The molecule has 1 amide bonds. The van der Waals surface area contributed by atoms with Crippen LogP contribution in [0.4, 0.5) is 0 Å². The van der Waals surface area contributed by atoms with Crippen LogP contribution >= 0.6 is 0 Å². The monoisotopic (exact) mass is 366 g/mol. The van der Waals surface area contributed by atoms with Gasteiger partial charge in [-0.2, -0.15) is 0 Å². The van der Waals surface area contributed by atoms with Crippen LogP contribution in [0.5, 0.6) is 5.75 Å². The fraction of sp³-hybridized carbons (Fsp3) is 0.435. The molecule has 1 heterocycles. The maximum Gasteiger partial charge on any atom is 0.237 e. The van der Waals surface area contributed by atoms with E-state index < -0.39 is 0 Å². The number of hydrogen-bond acceptors (Lipinski definition) is 3. The zero-order chi connectivity index (χ0) is 19.1. The molecule has 0 aromatic heterocycles. The summed E-state index contributed by atoms with van der Waals surface area (Å²) in [4.78, 5) is 15.3. The molecule has 0 spiro atoms. The molecule has 0 unspecified atom stereocenters. The molecule has 1 saturated heterocycles. The Morgan fingerprint density at radius 3 is 2.48 bits per heavy atom. The molecule has 1 aliphatic heterocycles. The molecule has 1 fully saturated rings. The summed E-state index contributed by atoms with van der Waals surface area (Å²) in [6.07, 6.45) is 3.13. The number of piperidine rings is 1. The van der Waals surface area contributed by atoms with Gasteiger partial charge in [-0.3, -0.25) is 9.69 Å². The first kappa shape index (κ1) is 19.4. The van der Waals surface area contributed by atoms with Crippen molar-refractivity contribution in [2.45, 2.75) is 51.2 Å². The zero-order valence-corrected chi connectivity index (χ0v) is 16.3. The fourth-order valence-corrected chi connectivity index (χ4v) is 3.82. The maximum atomic E-state index is 13.0. The lowest BCUT2D eigenvalue weighted by Crippen LogP contribution is -2.54. The molecule has 27 heavy (non-hydrogen) atoms. The number of nitrogens with zero attached hydrogens (tertiary/aromatic N) is 1. The summed E-state index contributed by atoms with van der Waals surface area (Å²) in [5.74, 6) is 0.999. The van der Waals surface area contributed by atoms with Crippen LogP contribution in [0.1, 0.15) is 44.7 Å². The zero-order valence-electron chi connectivity index (χ0n) is 16.3. The van der Waals surface area contributed by atoms with Crippen molar-refractivity contribution in [2.24, 2.45) is 0 Å². The van der Waals surface area contributed by atoms with Crippen molar-refractivity contribution in [3.63, 3.8) is 0 Å². The van der Waals surface area contributed by atoms with Crippen LogP contribution in [0.15, 0.2) is 60.7 Å². The van der Waals surface area contributed by atoms with Gasteiger partial charge < -0.3 is 10.1 Å². The first-order valence-electron chi connectivity index (χ1n) is 9.94. The number of rotatable bonds is 7. The van der Waals surface area contributed by atoms with Crippen LogP contribution in [0.3, 0.4) is 0 Å². The van der Waals surface area contributed by atoms with Gasteiger partial charge in [0.2, 0.25) is 5.91 Å². The van der Waals surface area contributed by atoms with Gasteiger partial charge in [0.25, 0.3) is 0 Å². The average Bonchev–Trinajstić information content (AvgIpc) is 2.70. The summed E-state index contributed by atoms with van der Waals surface area (Å²) in [7, 11) is 0. The number of hydrogen-bond donors (Lipinski definition) is 1. The third-order valence-corrected chi connectivity index (χ3v) is 5.39. The molecular weight excluding hydrogens is 336 g/mol. The summed E-state index contributed by atoms with van der Waals surface area (Å²) >= 11 is 0.